The topological polar surface area (TPSA) is 94.7 Å². The number of fused-ring (bicyclic) bond motifs is 1. The minimum Gasteiger partial charge on any atom is -0.465 e. The second kappa shape index (κ2) is 5.66. The number of aromatic nitrogens is 1. The third-order valence-corrected chi connectivity index (χ3v) is 3.00. The molecule has 0 aliphatic heterocycles. The fraction of sp³-hybridized carbons (Fsp3) is 0.214. The Kier molecular flexibility index (Phi) is 3.93. The summed E-state index contributed by atoms with van der Waals surface area (Å²) in [6.07, 6.45) is 0. The first kappa shape index (κ1) is 14.6. The van der Waals surface area contributed by atoms with Gasteiger partial charge in [-0.05, 0) is 18.2 Å². The number of rotatable bonds is 3. The normalized spacial score (nSPS) is 10.2. The Bertz CT molecular complexity index is 730. The Hall–Kier alpha value is -2.83. The Morgan fingerprint density at radius 2 is 1.52 bits per heavy atom. The zero-order chi connectivity index (χ0) is 15.6. The number of esters is 3. The quantitative estimate of drug-likeness (QED) is 0.680. The number of ether oxygens (including phenoxy) is 3. The molecular formula is C14H13NO6. The van der Waals surface area contributed by atoms with Gasteiger partial charge in [0.2, 0.25) is 0 Å². The second-order valence-electron chi connectivity index (χ2n) is 4.11. The van der Waals surface area contributed by atoms with E-state index in [0.29, 0.717) is 10.9 Å². The Labute approximate surface area is 119 Å². The molecule has 0 atom stereocenters. The number of benzene rings is 1. The summed E-state index contributed by atoms with van der Waals surface area (Å²) in [4.78, 5) is 38.0. The van der Waals surface area contributed by atoms with Crippen LogP contribution in [0.5, 0.6) is 0 Å². The molecule has 1 aromatic carbocycles. The largest absolute Gasteiger partial charge is 0.465 e. The first-order valence-electron chi connectivity index (χ1n) is 5.94. The van der Waals surface area contributed by atoms with Crippen molar-refractivity contribution in [3.63, 3.8) is 0 Å². The van der Waals surface area contributed by atoms with Crippen molar-refractivity contribution in [1.82, 2.24) is 4.98 Å². The molecule has 7 heteroatoms. The standard InChI is InChI=1S/C14H13NO6/c1-19-12(16)7-4-5-9-8(6-7)10(13(17)20-2)11(15-9)14(18)21-3/h4-6,15H,1-3H3. The van der Waals surface area contributed by atoms with E-state index in [-0.39, 0.29) is 16.8 Å². The first-order valence-corrected chi connectivity index (χ1v) is 5.94. The van der Waals surface area contributed by atoms with Crippen molar-refractivity contribution in [2.24, 2.45) is 0 Å². The average molecular weight is 291 g/mol. The smallest absolute Gasteiger partial charge is 0.355 e. The van der Waals surface area contributed by atoms with Gasteiger partial charge in [-0.15, -0.1) is 0 Å². The molecule has 21 heavy (non-hydrogen) atoms. The summed E-state index contributed by atoms with van der Waals surface area (Å²) in [6.45, 7) is 0. The number of carbonyl (C=O) groups is 3. The number of hydrogen-bond donors (Lipinski definition) is 1. The highest BCUT2D eigenvalue weighted by Crippen LogP contribution is 2.25. The van der Waals surface area contributed by atoms with E-state index in [1.54, 1.807) is 6.07 Å². The van der Waals surface area contributed by atoms with Crippen molar-refractivity contribution in [3.05, 3.63) is 35.0 Å². The van der Waals surface area contributed by atoms with Gasteiger partial charge in [-0.1, -0.05) is 0 Å². The fourth-order valence-electron chi connectivity index (χ4n) is 2.01. The third-order valence-electron chi connectivity index (χ3n) is 3.00. The number of carbonyl (C=O) groups excluding carboxylic acids is 3. The fourth-order valence-corrected chi connectivity index (χ4v) is 2.01. The minimum absolute atomic E-state index is 0.0186. The summed E-state index contributed by atoms with van der Waals surface area (Å²) >= 11 is 0. The highest BCUT2D eigenvalue weighted by molar-refractivity contribution is 6.13. The molecule has 1 aromatic heterocycles. The van der Waals surface area contributed by atoms with E-state index >= 15 is 0 Å². The highest BCUT2D eigenvalue weighted by atomic mass is 16.5. The van der Waals surface area contributed by atoms with E-state index in [0.717, 1.165) is 0 Å². The maximum absolute atomic E-state index is 11.9. The SMILES string of the molecule is COC(=O)c1ccc2[nH]c(C(=O)OC)c(C(=O)OC)c2c1. The van der Waals surface area contributed by atoms with Crippen LogP contribution in [0.4, 0.5) is 0 Å². The number of methoxy groups -OCH3 is 3. The van der Waals surface area contributed by atoms with E-state index in [1.807, 2.05) is 0 Å². The number of nitrogens with one attached hydrogen (secondary N) is 1. The predicted octanol–water partition coefficient (Wildman–Crippen LogP) is 1.53. The van der Waals surface area contributed by atoms with Gasteiger partial charge < -0.3 is 19.2 Å². The van der Waals surface area contributed by atoms with Crippen LogP contribution in [0.3, 0.4) is 0 Å². The van der Waals surface area contributed by atoms with Crippen molar-refractivity contribution in [3.8, 4) is 0 Å². The molecule has 1 N–H and O–H groups in total. The average Bonchev–Trinajstić information content (AvgIpc) is 2.90. The summed E-state index contributed by atoms with van der Waals surface area (Å²) in [7, 11) is 3.66. The van der Waals surface area contributed by atoms with E-state index in [2.05, 4.69) is 19.2 Å². The molecule has 0 amide bonds. The molecule has 0 saturated carbocycles. The van der Waals surface area contributed by atoms with Gasteiger partial charge in [-0.25, -0.2) is 14.4 Å². The van der Waals surface area contributed by atoms with E-state index in [1.165, 1.54) is 33.5 Å². The number of H-pyrrole nitrogens is 1. The summed E-state index contributed by atoms with van der Waals surface area (Å²) in [5.41, 5.74) is 0.750. The molecule has 0 unspecified atom stereocenters. The molecule has 0 spiro atoms. The molecule has 7 nitrogen and oxygen atoms in total. The highest BCUT2D eigenvalue weighted by Gasteiger charge is 2.25. The molecule has 110 valence electrons. The first-order chi connectivity index (χ1) is 10.0. The maximum atomic E-state index is 11.9. The van der Waals surface area contributed by atoms with Gasteiger partial charge in [-0.3, -0.25) is 0 Å². The zero-order valence-electron chi connectivity index (χ0n) is 11.7. The lowest BCUT2D eigenvalue weighted by Gasteiger charge is -2.02. The van der Waals surface area contributed by atoms with Crippen LogP contribution in [-0.2, 0) is 14.2 Å². The predicted molar refractivity (Wildman–Crippen MR) is 72.3 cm³/mol. The van der Waals surface area contributed by atoms with Crippen molar-refractivity contribution in [2.75, 3.05) is 21.3 Å². The summed E-state index contributed by atoms with van der Waals surface area (Å²) in [6, 6.07) is 4.55. The van der Waals surface area contributed by atoms with Crippen LogP contribution in [0.15, 0.2) is 18.2 Å². The number of aromatic amines is 1. The Morgan fingerprint density at radius 1 is 0.905 bits per heavy atom. The van der Waals surface area contributed by atoms with Crippen LogP contribution in [0.25, 0.3) is 10.9 Å². The molecule has 2 rings (SSSR count). The van der Waals surface area contributed by atoms with Gasteiger partial charge in [0.15, 0.2) is 0 Å². The van der Waals surface area contributed by atoms with Gasteiger partial charge in [-0.2, -0.15) is 0 Å². The Balaban J connectivity index is 2.73. The zero-order valence-corrected chi connectivity index (χ0v) is 11.7. The van der Waals surface area contributed by atoms with E-state index in [4.69, 9.17) is 0 Å². The molecular weight excluding hydrogens is 278 g/mol. The molecule has 2 aromatic rings. The molecule has 0 aliphatic rings. The van der Waals surface area contributed by atoms with Crippen molar-refractivity contribution in [1.29, 1.82) is 0 Å². The van der Waals surface area contributed by atoms with Crippen LogP contribution in [-0.4, -0.2) is 44.2 Å². The van der Waals surface area contributed by atoms with Gasteiger partial charge in [0.25, 0.3) is 0 Å². The molecule has 0 bridgehead atoms. The third kappa shape index (κ3) is 2.45. The van der Waals surface area contributed by atoms with Crippen LogP contribution in [0.1, 0.15) is 31.2 Å². The van der Waals surface area contributed by atoms with Crippen LogP contribution in [0, 0.1) is 0 Å². The van der Waals surface area contributed by atoms with Gasteiger partial charge >= 0.3 is 17.9 Å². The van der Waals surface area contributed by atoms with Gasteiger partial charge in [0, 0.05) is 10.9 Å². The molecule has 0 fully saturated rings. The lowest BCUT2D eigenvalue weighted by atomic mass is 10.1. The molecule has 1 heterocycles. The van der Waals surface area contributed by atoms with Crippen molar-refractivity contribution >= 4 is 28.8 Å². The van der Waals surface area contributed by atoms with Crippen molar-refractivity contribution in [2.45, 2.75) is 0 Å². The van der Waals surface area contributed by atoms with Crippen LogP contribution < -0.4 is 0 Å². The molecule has 0 saturated heterocycles. The maximum Gasteiger partial charge on any atom is 0.355 e. The van der Waals surface area contributed by atoms with E-state index < -0.39 is 17.9 Å². The second-order valence-corrected chi connectivity index (χ2v) is 4.11. The monoisotopic (exact) mass is 291 g/mol. The minimum atomic E-state index is -0.705. The van der Waals surface area contributed by atoms with Crippen LogP contribution >= 0.6 is 0 Å². The summed E-state index contributed by atoms with van der Waals surface area (Å²) in [5.74, 6) is -1.96. The molecule has 0 aliphatic carbocycles. The van der Waals surface area contributed by atoms with Crippen LogP contribution in [0.2, 0.25) is 0 Å². The Morgan fingerprint density at radius 3 is 2.10 bits per heavy atom. The molecule has 0 radical (unpaired) electrons. The summed E-state index contributed by atoms with van der Waals surface area (Å²) in [5, 5.41) is 0.380. The van der Waals surface area contributed by atoms with Crippen molar-refractivity contribution < 1.29 is 28.6 Å². The lowest BCUT2D eigenvalue weighted by Crippen LogP contribution is -2.10. The van der Waals surface area contributed by atoms with Gasteiger partial charge in [0.05, 0.1) is 32.5 Å². The summed E-state index contributed by atoms with van der Waals surface area (Å²) < 4.78 is 13.9. The lowest BCUT2D eigenvalue weighted by molar-refractivity contribution is 0.0553. The number of hydrogen-bond acceptors (Lipinski definition) is 6. The van der Waals surface area contributed by atoms with E-state index in [9.17, 15) is 14.4 Å². The van der Waals surface area contributed by atoms with Gasteiger partial charge in [0.1, 0.15) is 5.69 Å².